The summed E-state index contributed by atoms with van der Waals surface area (Å²) >= 11 is 1.99. The summed E-state index contributed by atoms with van der Waals surface area (Å²) < 4.78 is 0. The molecule has 17 heavy (non-hydrogen) atoms. The van der Waals surface area contributed by atoms with Crippen molar-refractivity contribution in [1.82, 2.24) is 5.32 Å². The maximum atomic E-state index is 12.2. The Morgan fingerprint density at radius 3 is 2.59 bits per heavy atom. The molecular weight excluding hydrogens is 256 g/mol. The molecule has 1 saturated carbocycles. The van der Waals surface area contributed by atoms with Crippen molar-refractivity contribution in [3.63, 3.8) is 0 Å². The summed E-state index contributed by atoms with van der Waals surface area (Å²) in [4.78, 5) is 12.2. The second-order valence-electron chi connectivity index (χ2n) is 5.04. The number of carbonyl (C=O) groups excluding carboxylic acids is 1. The van der Waals surface area contributed by atoms with Gasteiger partial charge in [-0.15, -0.1) is 12.4 Å². The average molecular weight is 279 g/mol. The Bertz CT molecular complexity index is 251. The van der Waals surface area contributed by atoms with Gasteiger partial charge in [0, 0.05) is 18.3 Å². The highest BCUT2D eigenvalue weighted by atomic mass is 35.5. The van der Waals surface area contributed by atoms with Crippen LogP contribution in [0.25, 0.3) is 0 Å². The van der Waals surface area contributed by atoms with E-state index in [0.717, 1.165) is 32.2 Å². The molecular formula is C12H23ClN2OS. The van der Waals surface area contributed by atoms with Crippen LogP contribution in [-0.4, -0.2) is 30.0 Å². The van der Waals surface area contributed by atoms with Gasteiger partial charge < -0.3 is 11.1 Å². The minimum atomic E-state index is -0.233. The molecule has 1 amide bonds. The highest BCUT2D eigenvalue weighted by molar-refractivity contribution is 8.00. The Hall–Kier alpha value is 0.0700. The first kappa shape index (κ1) is 15.1. The van der Waals surface area contributed by atoms with Gasteiger partial charge in [-0.25, -0.2) is 0 Å². The van der Waals surface area contributed by atoms with Gasteiger partial charge in [0.2, 0.25) is 5.91 Å². The number of hydrogen-bond acceptors (Lipinski definition) is 3. The summed E-state index contributed by atoms with van der Waals surface area (Å²) in [7, 11) is 0. The predicted molar refractivity (Wildman–Crippen MR) is 75.7 cm³/mol. The van der Waals surface area contributed by atoms with Crippen LogP contribution in [0.5, 0.6) is 0 Å². The van der Waals surface area contributed by atoms with E-state index in [1.165, 1.54) is 18.6 Å². The first-order valence-corrected chi connectivity index (χ1v) is 7.42. The third kappa shape index (κ3) is 3.52. The van der Waals surface area contributed by atoms with Crippen LogP contribution in [0, 0.1) is 5.41 Å². The summed E-state index contributed by atoms with van der Waals surface area (Å²) in [5.74, 6) is 1.46. The molecule has 2 rings (SSSR count). The van der Waals surface area contributed by atoms with E-state index in [4.69, 9.17) is 5.73 Å². The van der Waals surface area contributed by atoms with Crippen LogP contribution in [0.1, 0.15) is 38.5 Å². The van der Waals surface area contributed by atoms with Crippen molar-refractivity contribution < 1.29 is 4.79 Å². The number of amides is 1. The molecule has 5 heteroatoms. The van der Waals surface area contributed by atoms with Crippen molar-refractivity contribution in [1.29, 1.82) is 0 Å². The van der Waals surface area contributed by atoms with Crippen molar-refractivity contribution in [3.05, 3.63) is 0 Å². The predicted octanol–water partition coefficient (Wildman–Crippen LogP) is 1.94. The van der Waals surface area contributed by atoms with Crippen LogP contribution >= 0.6 is 24.2 Å². The zero-order valence-corrected chi connectivity index (χ0v) is 11.9. The van der Waals surface area contributed by atoms with Crippen molar-refractivity contribution in [2.24, 2.45) is 11.1 Å². The van der Waals surface area contributed by atoms with Gasteiger partial charge in [-0.3, -0.25) is 4.79 Å². The molecule has 0 bridgehead atoms. The van der Waals surface area contributed by atoms with Crippen LogP contribution in [0.3, 0.4) is 0 Å². The molecule has 1 aliphatic carbocycles. The maximum absolute atomic E-state index is 12.2. The number of hydrogen-bond donors (Lipinski definition) is 2. The van der Waals surface area contributed by atoms with Gasteiger partial charge in [-0.2, -0.15) is 11.8 Å². The summed E-state index contributed by atoms with van der Waals surface area (Å²) in [5.41, 5.74) is 5.55. The highest BCUT2D eigenvalue weighted by Crippen LogP contribution is 2.37. The van der Waals surface area contributed by atoms with Crippen molar-refractivity contribution in [2.45, 2.75) is 43.8 Å². The zero-order chi connectivity index (χ0) is 11.4. The molecule has 1 atom stereocenters. The first-order chi connectivity index (χ1) is 7.77. The average Bonchev–Trinajstić information content (AvgIpc) is 2.97. The molecule has 1 saturated heterocycles. The Morgan fingerprint density at radius 2 is 2.06 bits per heavy atom. The number of rotatable bonds is 4. The van der Waals surface area contributed by atoms with Gasteiger partial charge in [0.1, 0.15) is 0 Å². The van der Waals surface area contributed by atoms with Gasteiger partial charge in [-0.1, -0.05) is 12.8 Å². The Labute approximate surface area is 114 Å². The molecule has 1 heterocycles. The topological polar surface area (TPSA) is 55.1 Å². The van der Waals surface area contributed by atoms with E-state index < -0.39 is 0 Å². The van der Waals surface area contributed by atoms with Crippen LogP contribution < -0.4 is 11.1 Å². The zero-order valence-electron chi connectivity index (χ0n) is 10.2. The lowest BCUT2D eigenvalue weighted by Crippen LogP contribution is -2.45. The Morgan fingerprint density at radius 1 is 1.35 bits per heavy atom. The first-order valence-electron chi connectivity index (χ1n) is 6.37. The molecule has 2 aliphatic rings. The normalized spacial score (nSPS) is 26.5. The molecule has 0 aromatic carbocycles. The fourth-order valence-electron chi connectivity index (χ4n) is 2.78. The molecule has 1 aliphatic heterocycles. The second kappa shape index (κ2) is 6.86. The lowest BCUT2D eigenvalue weighted by atomic mass is 9.85. The SMILES string of the molecule is Cl.NCC1(C(=O)NCC2CCCS2)CCCC1. The molecule has 100 valence electrons. The van der Waals surface area contributed by atoms with Crippen LogP contribution in [0.15, 0.2) is 0 Å². The molecule has 0 radical (unpaired) electrons. The molecule has 3 nitrogen and oxygen atoms in total. The van der Waals surface area contributed by atoms with E-state index in [-0.39, 0.29) is 23.7 Å². The van der Waals surface area contributed by atoms with Gasteiger partial charge in [-0.05, 0) is 31.4 Å². The number of nitrogens with one attached hydrogen (secondary N) is 1. The van der Waals surface area contributed by atoms with Crippen LogP contribution in [-0.2, 0) is 4.79 Å². The summed E-state index contributed by atoms with van der Waals surface area (Å²) in [6.07, 6.45) is 6.82. The molecule has 2 fully saturated rings. The van der Waals surface area contributed by atoms with Crippen molar-refractivity contribution in [2.75, 3.05) is 18.8 Å². The van der Waals surface area contributed by atoms with E-state index in [0.29, 0.717) is 11.8 Å². The monoisotopic (exact) mass is 278 g/mol. The van der Waals surface area contributed by atoms with Crippen LogP contribution in [0.4, 0.5) is 0 Å². The smallest absolute Gasteiger partial charge is 0.227 e. The lowest BCUT2D eigenvalue weighted by molar-refractivity contribution is -0.130. The molecule has 1 unspecified atom stereocenters. The third-order valence-electron chi connectivity index (χ3n) is 3.95. The van der Waals surface area contributed by atoms with Crippen LogP contribution in [0.2, 0.25) is 0 Å². The third-order valence-corrected chi connectivity index (χ3v) is 5.35. The molecule has 0 aromatic heterocycles. The molecule has 0 spiro atoms. The highest BCUT2D eigenvalue weighted by Gasteiger charge is 2.39. The van der Waals surface area contributed by atoms with E-state index in [1.54, 1.807) is 0 Å². The molecule has 3 N–H and O–H groups in total. The largest absolute Gasteiger partial charge is 0.354 e. The van der Waals surface area contributed by atoms with E-state index in [9.17, 15) is 4.79 Å². The number of nitrogens with two attached hydrogens (primary N) is 1. The summed E-state index contributed by atoms with van der Waals surface area (Å²) in [6, 6.07) is 0. The number of carbonyl (C=O) groups is 1. The second-order valence-corrected chi connectivity index (χ2v) is 6.44. The number of thioether (sulfide) groups is 1. The summed E-state index contributed by atoms with van der Waals surface area (Å²) in [5, 5.41) is 3.76. The summed E-state index contributed by atoms with van der Waals surface area (Å²) in [6.45, 7) is 1.35. The minimum absolute atomic E-state index is 0. The standard InChI is InChI=1S/C12H22N2OS.ClH/c13-9-12(5-1-2-6-12)11(15)14-8-10-4-3-7-16-10;/h10H,1-9,13H2,(H,14,15);1H. The fraction of sp³-hybridized carbons (Fsp3) is 0.917. The van der Waals surface area contributed by atoms with Crippen molar-refractivity contribution in [3.8, 4) is 0 Å². The van der Waals surface area contributed by atoms with Gasteiger partial charge >= 0.3 is 0 Å². The fourth-order valence-corrected chi connectivity index (χ4v) is 3.98. The minimum Gasteiger partial charge on any atom is -0.354 e. The van der Waals surface area contributed by atoms with E-state index in [1.807, 2.05) is 11.8 Å². The number of halogens is 1. The van der Waals surface area contributed by atoms with E-state index in [2.05, 4.69) is 5.32 Å². The van der Waals surface area contributed by atoms with Gasteiger partial charge in [0.25, 0.3) is 0 Å². The van der Waals surface area contributed by atoms with Gasteiger partial charge in [0.05, 0.1) is 5.41 Å². The van der Waals surface area contributed by atoms with E-state index >= 15 is 0 Å². The quantitative estimate of drug-likeness (QED) is 0.826. The Kier molecular flexibility index (Phi) is 6.10. The van der Waals surface area contributed by atoms with Gasteiger partial charge in [0.15, 0.2) is 0 Å². The lowest BCUT2D eigenvalue weighted by Gasteiger charge is -2.26. The Balaban J connectivity index is 0.00000144. The van der Waals surface area contributed by atoms with Crippen molar-refractivity contribution >= 4 is 30.1 Å². The molecule has 0 aromatic rings. The maximum Gasteiger partial charge on any atom is 0.227 e.